The zero-order valence-electron chi connectivity index (χ0n) is 12.4. The van der Waals surface area contributed by atoms with Gasteiger partial charge in [0, 0.05) is 23.6 Å². The van der Waals surface area contributed by atoms with Gasteiger partial charge in [0.25, 0.3) is 5.91 Å². The molecule has 5 heteroatoms. The predicted molar refractivity (Wildman–Crippen MR) is 87.7 cm³/mol. The van der Waals surface area contributed by atoms with E-state index in [-0.39, 0.29) is 5.91 Å². The lowest BCUT2D eigenvalue weighted by atomic mass is 10.1. The largest absolute Gasteiger partial charge is 0.465 e. The molecule has 0 aliphatic heterocycles. The van der Waals surface area contributed by atoms with Crippen LogP contribution in [0.25, 0.3) is 0 Å². The minimum absolute atomic E-state index is 0.104. The van der Waals surface area contributed by atoms with Crippen LogP contribution in [0, 0.1) is 0 Å². The number of rotatable bonds is 4. The van der Waals surface area contributed by atoms with E-state index in [4.69, 9.17) is 0 Å². The number of carbonyl (C=O) groups is 2. The highest BCUT2D eigenvalue weighted by Crippen LogP contribution is 2.18. The Bertz CT molecular complexity index is 683. The molecule has 4 nitrogen and oxygen atoms in total. The fourth-order valence-corrected chi connectivity index (χ4v) is 2.45. The van der Waals surface area contributed by atoms with Crippen LogP contribution in [-0.2, 0) is 11.3 Å². The molecule has 0 atom stereocenters. The third-order valence-corrected chi connectivity index (χ3v) is 4.04. The van der Waals surface area contributed by atoms with E-state index in [0.29, 0.717) is 17.7 Å². The van der Waals surface area contributed by atoms with E-state index in [1.165, 1.54) is 7.11 Å². The first-order valence-corrected chi connectivity index (χ1v) is 7.49. The molecule has 0 aliphatic rings. The average molecular weight is 362 g/mol. The summed E-state index contributed by atoms with van der Waals surface area (Å²) in [6.07, 6.45) is 0. The highest BCUT2D eigenvalue weighted by Gasteiger charge is 2.14. The van der Waals surface area contributed by atoms with Crippen molar-refractivity contribution in [2.45, 2.75) is 6.54 Å². The number of benzene rings is 2. The molecule has 2 rings (SSSR count). The zero-order valence-corrected chi connectivity index (χ0v) is 14.0. The van der Waals surface area contributed by atoms with Crippen molar-refractivity contribution in [3.8, 4) is 0 Å². The van der Waals surface area contributed by atoms with E-state index >= 15 is 0 Å². The van der Waals surface area contributed by atoms with Gasteiger partial charge in [-0.2, -0.15) is 0 Å². The maximum atomic E-state index is 12.4. The Kier molecular flexibility index (Phi) is 5.33. The van der Waals surface area contributed by atoms with Crippen LogP contribution in [-0.4, -0.2) is 30.9 Å². The summed E-state index contributed by atoms with van der Waals surface area (Å²) in [5.41, 5.74) is 1.99. The Hall–Kier alpha value is -2.14. The molecule has 0 radical (unpaired) electrons. The molecule has 1 amide bonds. The molecular weight excluding hydrogens is 346 g/mol. The van der Waals surface area contributed by atoms with Crippen LogP contribution in [0.1, 0.15) is 26.3 Å². The lowest BCUT2D eigenvalue weighted by Gasteiger charge is -2.18. The van der Waals surface area contributed by atoms with Crippen molar-refractivity contribution in [2.24, 2.45) is 0 Å². The maximum Gasteiger partial charge on any atom is 0.337 e. The molecule has 0 aromatic heterocycles. The van der Waals surface area contributed by atoms with Crippen molar-refractivity contribution in [3.63, 3.8) is 0 Å². The second-order valence-corrected chi connectivity index (χ2v) is 5.68. The predicted octanol–water partition coefficient (Wildman–Crippen LogP) is 3.51. The van der Waals surface area contributed by atoms with Crippen molar-refractivity contribution < 1.29 is 14.3 Å². The molecule has 0 aliphatic carbocycles. The molecule has 0 saturated heterocycles. The van der Waals surface area contributed by atoms with Crippen molar-refractivity contribution >= 4 is 27.8 Å². The van der Waals surface area contributed by atoms with Gasteiger partial charge in [-0.25, -0.2) is 4.79 Å². The molecule has 0 unspecified atom stereocenters. The van der Waals surface area contributed by atoms with E-state index in [1.807, 2.05) is 24.3 Å². The quantitative estimate of drug-likeness (QED) is 0.782. The number of ether oxygens (including phenoxy) is 1. The van der Waals surface area contributed by atoms with E-state index < -0.39 is 5.97 Å². The Morgan fingerprint density at radius 1 is 1.05 bits per heavy atom. The summed E-state index contributed by atoms with van der Waals surface area (Å²) in [6, 6.07) is 14.2. The topological polar surface area (TPSA) is 46.6 Å². The normalized spacial score (nSPS) is 10.1. The second kappa shape index (κ2) is 7.22. The van der Waals surface area contributed by atoms with Crippen LogP contribution >= 0.6 is 15.9 Å². The molecule has 0 N–H and O–H groups in total. The molecule has 0 bridgehead atoms. The first-order chi connectivity index (χ1) is 10.5. The lowest BCUT2D eigenvalue weighted by molar-refractivity contribution is 0.0600. The van der Waals surface area contributed by atoms with Gasteiger partial charge in [0.15, 0.2) is 0 Å². The van der Waals surface area contributed by atoms with Crippen molar-refractivity contribution in [3.05, 3.63) is 69.7 Å². The third-order valence-electron chi connectivity index (χ3n) is 3.26. The highest BCUT2D eigenvalue weighted by molar-refractivity contribution is 9.10. The molecule has 0 fully saturated rings. The molecule has 22 heavy (non-hydrogen) atoms. The summed E-state index contributed by atoms with van der Waals surface area (Å²) in [6.45, 7) is 0.499. The molecular formula is C17H16BrNO3. The zero-order chi connectivity index (χ0) is 16.1. The SMILES string of the molecule is COC(=O)c1ccc(C(=O)N(C)Cc2ccccc2Br)cc1. The molecule has 114 valence electrons. The minimum atomic E-state index is -0.416. The molecule has 0 heterocycles. The van der Waals surface area contributed by atoms with E-state index in [9.17, 15) is 9.59 Å². The standard InChI is InChI=1S/C17H16BrNO3/c1-19(11-14-5-3-4-6-15(14)18)16(20)12-7-9-13(10-8-12)17(21)22-2/h3-10H,11H2,1-2H3. The van der Waals surface area contributed by atoms with Crippen molar-refractivity contribution in [2.75, 3.05) is 14.2 Å². The summed E-state index contributed by atoms with van der Waals surface area (Å²) in [5, 5.41) is 0. The van der Waals surface area contributed by atoms with Crippen LogP contribution in [0.3, 0.4) is 0 Å². The fourth-order valence-electron chi connectivity index (χ4n) is 2.04. The Balaban J connectivity index is 2.10. The summed E-state index contributed by atoms with van der Waals surface area (Å²) >= 11 is 3.47. The van der Waals surface area contributed by atoms with Gasteiger partial charge < -0.3 is 9.64 Å². The number of carbonyl (C=O) groups excluding carboxylic acids is 2. The highest BCUT2D eigenvalue weighted by atomic mass is 79.9. The number of halogens is 1. The number of esters is 1. The lowest BCUT2D eigenvalue weighted by Crippen LogP contribution is -2.26. The van der Waals surface area contributed by atoms with Gasteiger partial charge in [-0.15, -0.1) is 0 Å². The van der Waals surface area contributed by atoms with Crippen LogP contribution in [0.4, 0.5) is 0 Å². The Labute approximate surface area is 137 Å². The van der Waals surface area contributed by atoms with Gasteiger partial charge >= 0.3 is 5.97 Å². The monoisotopic (exact) mass is 361 g/mol. The fraction of sp³-hybridized carbons (Fsp3) is 0.176. The second-order valence-electron chi connectivity index (χ2n) is 4.82. The van der Waals surface area contributed by atoms with E-state index in [1.54, 1.807) is 36.2 Å². The van der Waals surface area contributed by atoms with Gasteiger partial charge in [-0.1, -0.05) is 34.1 Å². The molecule has 0 saturated carbocycles. The van der Waals surface area contributed by atoms with Gasteiger partial charge in [0.05, 0.1) is 12.7 Å². The number of hydrogen-bond acceptors (Lipinski definition) is 3. The van der Waals surface area contributed by atoms with Crippen LogP contribution in [0.2, 0.25) is 0 Å². The summed E-state index contributed by atoms with van der Waals surface area (Å²) in [4.78, 5) is 25.4. The number of nitrogens with zero attached hydrogens (tertiary/aromatic N) is 1. The first kappa shape index (κ1) is 16.2. The van der Waals surface area contributed by atoms with Gasteiger partial charge in [0.2, 0.25) is 0 Å². The van der Waals surface area contributed by atoms with Crippen LogP contribution < -0.4 is 0 Å². The smallest absolute Gasteiger partial charge is 0.337 e. The van der Waals surface area contributed by atoms with E-state index in [0.717, 1.165) is 10.0 Å². The molecule has 0 spiro atoms. The van der Waals surface area contributed by atoms with Gasteiger partial charge in [-0.05, 0) is 35.9 Å². The Morgan fingerprint density at radius 3 is 2.23 bits per heavy atom. The average Bonchev–Trinajstić information content (AvgIpc) is 2.55. The third kappa shape index (κ3) is 3.74. The van der Waals surface area contributed by atoms with E-state index in [2.05, 4.69) is 20.7 Å². The number of methoxy groups -OCH3 is 1. The molecule has 2 aromatic carbocycles. The maximum absolute atomic E-state index is 12.4. The van der Waals surface area contributed by atoms with Crippen molar-refractivity contribution in [1.29, 1.82) is 0 Å². The summed E-state index contributed by atoms with van der Waals surface area (Å²) < 4.78 is 5.60. The van der Waals surface area contributed by atoms with Crippen molar-refractivity contribution in [1.82, 2.24) is 4.90 Å². The van der Waals surface area contributed by atoms with Crippen LogP contribution in [0.15, 0.2) is 53.0 Å². The summed E-state index contributed by atoms with van der Waals surface area (Å²) in [7, 11) is 3.07. The van der Waals surface area contributed by atoms with Crippen LogP contribution in [0.5, 0.6) is 0 Å². The number of hydrogen-bond donors (Lipinski definition) is 0. The molecule has 2 aromatic rings. The minimum Gasteiger partial charge on any atom is -0.465 e. The van der Waals surface area contributed by atoms with Gasteiger partial charge in [-0.3, -0.25) is 4.79 Å². The first-order valence-electron chi connectivity index (χ1n) is 6.70. The summed E-state index contributed by atoms with van der Waals surface area (Å²) in [5.74, 6) is -0.521. The number of amides is 1. The Morgan fingerprint density at radius 2 is 1.64 bits per heavy atom. The van der Waals surface area contributed by atoms with Gasteiger partial charge in [0.1, 0.15) is 0 Å².